The Morgan fingerprint density at radius 3 is 2.79 bits per heavy atom. The van der Waals surface area contributed by atoms with Crippen molar-refractivity contribution < 1.29 is 4.79 Å². The topological polar surface area (TPSA) is 68.0 Å². The summed E-state index contributed by atoms with van der Waals surface area (Å²) in [6, 6.07) is 10.6. The van der Waals surface area contributed by atoms with Gasteiger partial charge in [0.25, 0.3) is 5.91 Å². The molecule has 3 N–H and O–H groups in total. The SMILES string of the molecule is C[C@H](NC(=O)c1cc(N)cc(Br)c1)c1ccccn1. The van der Waals surface area contributed by atoms with Gasteiger partial charge in [0.15, 0.2) is 0 Å². The highest BCUT2D eigenvalue weighted by Crippen LogP contribution is 2.18. The van der Waals surface area contributed by atoms with Crippen LogP contribution in [-0.4, -0.2) is 10.9 Å². The average molecular weight is 320 g/mol. The second-order valence-corrected chi connectivity index (χ2v) is 5.14. The molecule has 2 rings (SSSR count). The standard InChI is InChI=1S/C14H14BrN3O/c1-9(13-4-2-3-5-17-13)18-14(19)10-6-11(15)8-12(16)7-10/h2-9H,16H2,1H3,(H,18,19)/t9-/m0/s1. The number of hydrogen-bond donors (Lipinski definition) is 2. The lowest BCUT2D eigenvalue weighted by molar-refractivity contribution is 0.0939. The molecule has 1 atom stereocenters. The summed E-state index contributed by atoms with van der Waals surface area (Å²) in [5, 5.41) is 2.89. The second-order valence-electron chi connectivity index (χ2n) is 4.22. The number of nitrogens with two attached hydrogens (primary N) is 1. The predicted molar refractivity (Wildman–Crippen MR) is 78.7 cm³/mol. The number of amides is 1. The van der Waals surface area contributed by atoms with Crippen molar-refractivity contribution in [2.75, 3.05) is 5.73 Å². The molecular formula is C14H14BrN3O. The van der Waals surface area contributed by atoms with Gasteiger partial charge in [-0.2, -0.15) is 0 Å². The zero-order valence-electron chi connectivity index (χ0n) is 10.4. The van der Waals surface area contributed by atoms with Gasteiger partial charge in [-0.05, 0) is 37.3 Å². The molecular weight excluding hydrogens is 306 g/mol. The summed E-state index contributed by atoms with van der Waals surface area (Å²) in [5.41, 5.74) is 7.60. The summed E-state index contributed by atoms with van der Waals surface area (Å²) in [7, 11) is 0. The smallest absolute Gasteiger partial charge is 0.251 e. The molecule has 4 nitrogen and oxygen atoms in total. The van der Waals surface area contributed by atoms with Gasteiger partial charge < -0.3 is 11.1 Å². The van der Waals surface area contributed by atoms with Gasteiger partial charge in [-0.1, -0.05) is 22.0 Å². The van der Waals surface area contributed by atoms with Crippen molar-refractivity contribution in [2.24, 2.45) is 0 Å². The molecule has 19 heavy (non-hydrogen) atoms. The average Bonchev–Trinajstić information content (AvgIpc) is 2.38. The molecule has 2 aromatic rings. The number of rotatable bonds is 3. The van der Waals surface area contributed by atoms with Crippen LogP contribution in [0.4, 0.5) is 5.69 Å². The summed E-state index contributed by atoms with van der Waals surface area (Å²) in [4.78, 5) is 16.3. The Bertz CT molecular complexity index is 566. The van der Waals surface area contributed by atoms with Crippen LogP contribution in [0.15, 0.2) is 47.1 Å². The third kappa shape index (κ3) is 3.54. The number of benzene rings is 1. The fraction of sp³-hybridized carbons (Fsp3) is 0.143. The maximum Gasteiger partial charge on any atom is 0.251 e. The maximum atomic E-state index is 12.1. The van der Waals surface area contributed by atoms with E-state index >= 15 is 0 Å². The number of aromatic nitrogens is 1. The number of carbonyl (C=O) groups excluding carboxylic acids is 1. The minimum Gasteiger partial charge on any atom is -0.399 e. The minimum atomic E-state index is -0.175. The molecule has 0 unspecified atom stereocenters. The molecule has 0 aliphatic heterocycles. The van der Waals surface area contributed by atoms with Crippen LogP contribution in [0.5, 0.6) is 0 Å². The Labute approximate surface area is 120 Å². The highest BCUT2D eigenvalue weighted by molar-refractivity contribution is 9.10. The molecule has 0 fully saturated rings. The lowest BCUT2D eigenvalue weighted by Crippen LogP contribution is -2.27. The number of nitrogen functional groups attached to an aromatic ring is 1. The van der Waals surface area contributed by atoms with Gasteiger partial charge in [-0.25, -0.2) is 0 Å². The summed E-state index contributed by atoms with van der Waals surface area (Å²) in [6.45, 7) is 1.89. The van der Waals surface area contributed by atoms with Crippen LogP contribution in [0.25, 0.3) is 0 Å². The van der Waals surface area contributed by atoms with E-state index in [1.54, 1.807) is 24.4 Å². The molecule has 5 heteroatoms. The summed E-state index contributed by atoms with van der Waals surface area (Å²) < 4.78 is 0.781. The van der Waals surface area contributed by atoms with Gasteiger partial charge in [0.2, 0.25) is 0 Å². The van der Waals surface area contributed by atoms with Crippen molar-refractivity contribution in [1.29, 1.82) is 0 Å². The molecule has 0 aliphatic rings. The Hall–Kier alpha value is -1.88. The number of hydrogen-bond acceptors (Lipinski definition) is 3. The van der Waals surface area contributed by atoms with Crippen LogP contribution in [0, 0.1) is 0 Å². The monoisotopic (exact) mass is 319 g/mol. The summed E-state index contributed by atoms with van der Waals surface area (Å²) >= 11 is 3.32. The molecule has 1 aromatic carbocycles. The predicted octanol–water partition coefficient (Wildman–Crippen LogP) is 2.92. The van der Waals surface area contributed by atoms with Gasteiger partial charge in [0.1, 0.15) is 0 Å². The highest BCUT2D eigenvalue weighted by Gasteiger charge is 2.12. The molecule has 0 radical (unpaired) electrons. The Morgan fingerprint density at radius 1 is 1.37 bits per heavy atom. The summed E-state index contributed by atoms with van der Waals surface area (Å²) in [5.74, 6) is -0.175. The van der Waals surface area contributed by atoms with E-state index < -0.39 is 0 Å². The lowest BCUT2D eigenvalue weighted by Gasteiger charge is -2.13. The van der Waals surface area contributed by atoms with Crippen molar-refractivity contribution in [3.63, 3.8) is 0 Å². The van der Waals surface area contributed by atoms with Gasteiger partial charge in [0.05, 0.1) is 11.7 Å². The zero-order chi connectivity index (χ0) is 13.8. The van der Waals surface area contributed by atoms with Crippen molar-refractivity contribution >= 4 is 27.5 Å². The number of halogens is 1. The molecule has 0 aliphatic carbocycles. The van der Waals surface area contributed by atoms with E-state index in [0.29, 0.717) is 11.3 Å². The van der Waals surface area contributed by atoms with E-state index in [1.165, 1.54) is 0 Å². The molecule has 98 valence electrons. The van der Waals surface area contributed by atoms with Gasteiger partial charge >= 0.3 is 0 Å². The van der Waals surface area contributed by atoms with Crippen LogP contribution < -0.4 is 11.1 Å². The number of nitrogens with zero attached hydrogens (tertiary/aromatic N) is 1. The van der Waals surface area contributed by atoms with Gasteiger partial charge in [0, 0.05) is 21.9 Å². The van der Waals surface area contributed by atoms with Crippen molar-refractivity contribution in [1.82, 2.24) is 10.3 Å². The lowest BCUT2D eigenvalue weighted by atomic mass is 10.1. The van der Waals surface area contributed by atoms with Crippen LogP contribution in [0.1, 0.15) is 29.0 Å². The zero-order valence-corrected chi connectivity index (χ0v) is 12.0. The Morgan fingerprint density at radius 2 is 2.16 bits per heavy atom. The van der Waals surface area contributed by atoms with Crippen LogP contribution >= 0.6 is 15.9 Å². The van der Waals surface area contributed by atoms with E-state index in [1.807, 2.05) is 25.1 Å². The Balaban J connectivity index is 2.13. The number of anilines is 1. The Kier molecular flexibility index (Phi) is 4.16. The van der Waals surface area contributed by atoms with Gasteiger partial charge in [-0.15, -0.1) is 0 Å². The minimum absolute atomic E-state index is 0.158. The van der Waals surface area contributed by atoms with Crippen molar-refractivity contribution in [3.8, 4) is 0 Å². The number of carbonyl (C=O) groups is 1. The van der Waals surface area contributed by atoms with E-state index in [-0.39, 0.29) is 11.9 Å². The van der Waals surface area contributed by atoms with E-state index in [0.717, 1.165) is 10.2 Å². The molecule has 0 bridgehead atoms. The number of pyridine rings is 1. The largest absolute Gasteiger partial charge is 0.399 e. The molecule has 1 aromatic heterocycles. The van der Waals surface area contributed by atoms with E-state index in [9.17, 15) is 4.79 Å². The third-order valence-corrected chi connectivity index (χ3v) is 3.12. The summed E-state index contributed by atoms with van der Waals surface area (Å²) in [6.07, 6.45) is 1.70. The van der Waals surface area contributed by atoms with Crippen LogP contribution in [0.2, 0.25) is 0 Å². The fourth-order valence-electron chi connectivity index (χ4n) is 1.73. The van der Waals surface area contributed by atoms with E-state index in [4.69, 9.17) is 5.73 Å². The maximum absolute atomic E-state index is 12.1. The van der Waals surface area contributed by atoms with E-state index in [2.05, 4.69) is 26.2 Å². The molecule has 0 spiro atoms. The highest BCUT2D eigenvalue weighted by atomic mass is 79.9. The normalized spacial score (nSPS) is 11.9. The fourth-order valence-corrected chi connectivity index (χ4v) is 2.24. The molecule has 0 saturated heterocycles. The first-order valence-corrected chi connectivity index (χ1v) is 6.63. The first-order chi connectivity index (χ1) is 9.06. The van der Waals surface area contributed by atoms with Gasteiger partial charge in [-0.3, -0.25) is 9.78 Å². The van der Waals surface area contributed by atoms with Crippen molar-refractivity contribution in [2.45, 2.75) is 13.0 Å². The van der Waals surface area contributed by atoms with Crippen molar-refractivity contribution in [3.05, 3.63) is 58.3 Å². The quantitative estimate of drug-likeness (QED) is 0.855. The first kappa shape index (κ1) is 13.5. The van der Waals surface area contributed by atoms with Crippen LogP contribution in [-0.2, 0) is 0 Å². The second kappa shape index (κ2) is 5.84. The molecule has 1 heterocycles. The first-order valence-electron chi connectivity index (χ1n) is 5.84. The van der Waals surface area contributed by atoms with Crippen LogP contribution in [0.3, 0.4) is 0 Å². The third-order valence-electron chi connectivity index (χ3n) is 2.66. The molecule has 0 saturated carbocycles. The number of nitrogens with one attached hydrogen (secondary N) is 1. The molecule has 1 amide bonds.